The van der Waals surface area contributed by atoms with E-state index in [0.29, 0.717) is 12.5 Å². The van der Waals surface area contributed by atoms with Crippen molar-refractivity contribution >= 4 is 5.82 Å². The van der Waals surface area contributed by atoms with Crippen molar-refractivity contribution in [1.82, 2.24) is 19.5 Å². The summed E-state index contributed by atoms with van der Waals surface area (Å²) >= 11 is 0. The summed E-state index contributed by atoms with van der Waals surface area (Å²) in [6.07, 6.45) is 4.90. The smallest absolute Gasteiger partial charge is 0.150 e. The van der Waals surface area contributed by atoms with E-state index in [0.717, 1.165) is 36.1 Å². The van der Waals surface area contributed by atoms with Crippen molar-refractivity contribution in [2.24, 2.45) is 0 Å². The van der Waals surface area contributed by atoms with E-state index in [1.54, 1.807) is 0 Å². The summed E-state index contributed by atoms with van der Waals surface area (Å²) < 4.78 is 2.11. The van der Waals surface area contributed by atoms with Crippen molar-refractivity contribution in [3.8, 4) is 0 Å². The average molecular weight is 273 g/mol. The van der Waals surface area contributed by atoms with Crippen LogP contribution >= 0.6 is 0 Å². The Hall–Kier alpha value is -1.91. The minimum absolute atomic E-state index is 0.396. The zero-order chi connectivity index (χ0) is 14.5. The Kier molecular flexibility index (Phi) is 4.71. The van der Waals surface area contributed by atoms with E-state index in [4.69, 9.17) is 0 Å². The molecule has 2 rings (SSSR count). The second-order valence-corrected chi connectivity index (χ2v) is 5.31. The van der Waals surface area contributed by atoms with E-state index < -0.39 is 0 Å². The molecule has 0 fully saturated rings. The van der Waals surface area contributed by atoms with Crippen LogP contribution in [0, 0.1) is 6.92 Å². The van der Waals surface area contributed by atoms with E-state index in [-0.39, 0.29) is 0 Å². The van der Waals surface area contributed by atoms with Crippen LogP contribution < -0.4 is 5.32 Å². The molecule has 0 radical (unpaired) electrons. The van der Waals surface area contributed by atoms with Gasteiger partial charge in [0, 0.05) is 36.6 Å². The third kappa shape index (κ3) is 3.56. The Morgan fingerprint density at radius 2 is 2.10 bits per heavy atom. The topological polar surface area (TPSA) is 55.6 Å². The highest BCUT2D eigenvalue weighted by Gasteiger charge is 2.09. The van der Waals surface area contributed by atoms with Gasteiger partial charge in [0.15, 0.2) is 5.82 Å². The molecule has 20 heavy (non-hydrogen) atoms. The van der Waals surface area contributed by atoms with Crippen molar-refractivity contribution < 1.29 is 0 Å². The average Bonchev–Trinajstić information content (AvgIpc) is 2.84. The maximum absolute atomic E-state index is 4.58. The van der Waals surface area contributed by atoms with Gasteiger partial charge in [-0.15, -0.1) is 0 Å². The molecule has 5 nitrogen and oxygen atoms in total. The number of anilines is 1. The van der Waals surface area contributed by atoms with Gasteiger partial charge in [0.25, 0.3) is 0 Å². The van der Waals surface area contributed by atoms with Gasteiger partial charge in [0.1, 0.15) is 11.6 Å². The lowest BCUT2D eigenvalue weighted by molar-refractivity contribution is 0.648. The number of aromatic nitrogens is 4. The molecule has 5 heteroatoms. The molecule has 0 spiro atoms. The van der Waals surface area contributed by atoms with Crippen LogP contribution in [-0.4, -0.2) is 26.1 Å². The van der Waals surface area contributed by atoms with E-state index in [1.165, 1.54) is 0 Å². The van der Waals surface area contributed by atoms with Crippen molar-refractivity contribution in [2.45, 2.75) is 46.6 Å². The van der Waals surface area contributed by atoms with Gasteiger partial charge in [-0.05, 0) is 13.3 Å². The highest BCUT2D eigenvalue weighted by Crippen LogP contribution is 2.14. The van der Waals surface area contributed by atoms with Gasteiger partial charge >= 0.3 is 0 Å². The quantitative estimate of drug-likeness (QED) is 0.879. The first-order chi connectivity index (χ1) is 9.60. The van der Waals surface area contributed by atoms with Gasteiger partial charge < -0.3 is 9.88 Å². The summed E-state index contributed by atoms with van der Waals surface area (Å²) in [6, 6.07) is 1.98. The van der Waals surface area contributed by atoms with Gasteiger partial charge in [-0.3, -0.25) is 0 Å². The second-order valence-electron chi connectivity index (χ2n) is 5.31. The fraction of sp³-hybridized carbons (Fsp3) is 0.533. The first-order valence-electron chi connectivity index (χ1n) is 7.19. The summed E-state index contributed by atoms with van der Waals surface area (Å²) in [5.41, 5.74) is 0.986. The lowest BCUT2D eigenvalue weighted by atomic mass is 10.2. The molecule has 0 aromatic carbocycles. The summed E-state index contributed by atoms with van der Waals surface area (Å²) in [7, 11) is 0. The van der Waals surface area contributed by atoms with Gasteiger partial charge in [-0.25, -0.2) is 15.0 Å². The molecule has 0 atom stereocenters. The fourth-order valence-electron chi connectivity index (χ4n) is 2.15. The molecule has 0 aliphatic heterocycles. The van der Waals surface area contributed by atoms with Crippen molar-refractivity contribution in [2.75, 3.05) is 11.9 Å². The maximum Gasteiger partial charge on any atom is 0.150 e. The minimum Gasteiger partial charge on any atom is -0.370 e. The lowest BCUT2D eigenvalue weighted by Crippen LogP contribution is -2.11. The number of imidazole rings is 1. The first kappa shape index (κ1) is 14.5. The lowest BCUT2D eigenvalue weighted by Gasteiger charge is -2.11. The molecule has 2 aromatic rings. The van der Waals surface area contributed by atoms with Gasteiger partial charge in [-0.1, -0.05) is 20.8 Å². The monoisotopic (exact) mass is 273 g/mol. The normalized spacial score (nSPS) is 11.1. The number of hydrogen-bond acceptors (Lipinski definition) is 4. The molecule has 0 saturated carbocycles. The van der Waals surface area contributed by atoms with Crippen LogP contribution in [0.2, 0.25) is 0 Å². The van der Waals surface area contributed by atoms with E-state index in [2.05, 4.69) is 45.6 Å². The molecule has 1 N–H and O–H groups in total. The zero-order valence-corrected chi connectivity index (χ0v) is 12.7. The van der Waals surface area contributed by atoms with Crippen LogP contribution in [0.15, 0.2) is 18.5 Å². The van der Waals surface area contributed by atoms with Gasteiger partial charge in [0.2, 0.25) is 0 Å². The zero-order valence-electron chi connectivity index (χ0n) is 12.7. The third-order valence-corrected chi connectivity index (χ3v) is 3.03. The van der Waals surface area contributed by atoms with Crippen LogP contribution in [0.1, 0.15) is 50.5 Å². The van der Waals surface area contributed by atoms with E-state index in [9.17, 15) is 0 Å². The van der Waals surface area contributed by atoms with Crippen molar-refractivity contribution in [3.63, 3.8) is 0 Å². The van der Waals surface area contributed by atoms with Crippen LogP contribution in [0.3, 0.4) is 0 Å². The predicted molar refractivity (Wildman–Crippen MR) is 81.0 cm³/mol. The molecular weight excluding hydrogens is 250 g/mol. The number of nitrogens with zero attached hydrogens (tertiary/aromatic N) is 4. The maximum atomic E-state index is 4.58. The fourth-order valence-corrected chi connectivity index (χ4v) is 2.15. The summed E-state index contributed by atoms with van der Waals surface area (Å²) in [5.74, 6) is 3.19. The molecule has 0 saturated heterocycles. The number of rotatable bonds is 6. The largest absolute Gasteiger partial charge is 0.370 e. The Labute approximate surface area is 120 Å². The Morgan fingerprint density at radius 3 is 2.80 bits per heavy atom. The van der Waals surface area contributed by atoms with Gasteiger partial charge in [-0.2, -0.15) is 0 Å². The molecule has 2 aromatic heterocycles. The molecule has 0 aliphatic rings. The van der Waals surface area contributed by atoms with Crippen LogP contribution in [-0.2, 0) is 6.54 Å². The molecule has 0 unspecified atom stereocenters. The van der Waals surface area contributed by atoms with Crippen LogP contribution in [0.25, 0.3) is 0 Å². The first-order valence-corrected chi connectivity index (χ1v) is 7.19. The second kappa shape index (κ2) is 6.50. The Balaban J connectivity index is 2.20. The van der Waals surface area contributed by atoms with Crippen molar-refractivity contribution in [1.29, 1.82) is 0 Å². The number of aryl methyl sites for hydroxylation is 1. The standard InChI is InChI=1S/C15H23N5/c1-5-6-16-13-9-12(4)18-14(19-13)10-20-8-7-17-15(20)11(2)3/h7-9,11H,5-6,10H2,1-4H3,(H,16,18,19). The van der Waals surface area contributed by atoms with Gasteiger partial charge in [0.05, 0.1) is 6.54 Å². The third-order valence-electron chi connectivity index (χ3n) is 3.03. The highest BCUT2D eigenvalue weighted by molar-refractivity contribution is 5.35. The minimum atomic E-state index is 0.396. The SMILES string of the molecule is CCCNc1cc(C)nc(Cn2ccnc2C(C)C)n1. The Bertz CT molecular complexity index is 559. The molecule has 0 aliphatic carbocycles. The summed E-state index contributed by atoms with van der Waals surface area (Å²) in [6.45, 7) is 10.0. The molecule has 108 valence electrons. The molecule has 0 amide bonds. The molecule has 2 heterocycles. The predicted octanol–water partition coefficient (Wildman–Crippen LogP) is 2.98. The summed E-state index contributed by atoms with van der Waals surface area (Å²) in [4.78, 5) is 13.5. The van der Waals surface area contributed by atoms with E-state index >= 15 is 0 Å². The van der Waals surface area contributed by atoms with Crippen molar-refractivity contribution in [3.05, 3.63) is 35.8 Å². The highest BCUT2D eigenvalue weighted by atomic mass is 15.1. The summed E-state index contributed by atoms with van der Waals surface area (Å²) in [5, 5.41) is 3.32. The Morgan fingerprint density at radius 1 is 1.30 bits per heavy atom. The number of nitrogens with one attached hydrogen (secondary N) is 1. The van der Waals surface area contributed by atoms with Crippen LogP contribution in [0.5, 0.6) is 0 Å². The number of hydrogen-bond donors (Lipinski definition) is 1. The molecule has 0 bridgehead atoms. The van der Waals surface area contributed by atoms with E-state index in [1.807, 2.05) is 25.4 Å². The molecular formula is C15H23N5. The van der Waals surface area contributed by atoms with Crippen LogP contribution in [0.4, 0.5) is 5.82 Å².